The molecule has 1 heterocycles. The number of hydrogen-bond acceptors (Lipinski definition) is 6. The van der Waals surface area contributed by atoms with Crippen molar-refractivity contribution in [2.24, 2.45) is 5.41 Å². The third-order valence-electron chi connectivity index (χ3n) is 5.61. The van der Waals surface area contributed by atoms with Crippen molar-refractivity contribution in [3.8, 4) is 11.5 Å². The zero-order valence-corrected chi connectivity index (χ0v) is 20.1. The van der Waals surface area contributed by atoms with Crippen molar-refractivity contribution < 1.29 is 23.8 Å². The quantitative estimate of drug-likeness (QED) is 0.456. The van der Waals surface area contributed by atoms with Crippen LogP contribution in [0.3, 0.4) is 0 Å². The number of halogens is 1. The van der Waals surface area contributed by atoms with Gasteiger partial charge in [-0.2, -0.15) is 0 Å². The van der Waals surface area contributed by atoms with Crippen molar-refractivity contribution in [2.75, 3.05) is 20.8 Å². The van der Waals surface area contributed by atoms with E-state index in [0.29, 0.717) is 45.7 Å². The Morgan fingerprint density at radius 3 is 2.52 bits per heavy atom. The van der Waals surface area contributed by atoms with Crippen LogP contribution in [0.2, 0.25) is 0 Å². The smallest absolute Gasteiger partial charge is 0.337 e. The fourth-order valence-corrected chi connectivity index (χ4v) is 4.87. The molecule has 7 heteroatoms. The number of Topliss-reactive ketones (excluding diaryl/α,β-unsaturated/α-hetero) is 1. The second-order valence-electron chi connectivity index (χ2n) is 8.55. The number of ether oxygens (including phenoxy) is 3. The molecular weight excluding hydrogens is 462 g/mol. The molecule has 1 aromatic rings. The molecule has 0 spiro atoms. The minimum atomic E-state index is -0.591. The van der Waals surface area contributed by atoms with Crippen LogP contribution in [-0.4, -0.2) is 32.6 Å². The number of ketones is 1. The molecule has 2 aliphatic rings. The Bertz CT molecular complexity index is 1010. The molecule has 1 aliphatic heterocycles. The fourth-order valence-electron chi connectivity index (χ4n) is 4.32. The number of hydrogen-bond donors (Lipinski definition) is 1. The van der Waals surface area contributed by atoms with E-state index in [1.807, 2.05) is 13.0 Å². The van der Waals surface area contributed by atoms with Gasteiger partial charge in [0.15, 0.2) is 17.3 Å². The van der Waals surface area contributed by atoms with E-state index in [1.54, 1.807) is 20.3 Å². The summed E-state index contributed by atoms with van der Waals surface area (Å²) in [5, 5.41) is 3.32. The Morgan fingerprint density at radius 1 is 1.26 bits per heavy atom. The van der Waals surface area contributed by atoms with Crippen LogP contribution in [0.1, 0.15) is 45.1 Å². The lowest BCUT2D eigenvalue weighted by Gasteiger charge is -2.39. The lowest BCUT2D eigenvalue weighted by Crippen LogP contribution is -2.38. The lowest BCUT2D eigenvalue weighted by atomic mass is 9.68. The van der Waals surface area contributed by atoms with E-state index < -0.39 is 11.9 Å². The van der Waals surface area contributed by atoms with Gasteiger partial charge in [-0.1, -0.05) is 42.4 Å². The first kappa shape index (κ1) is 23.1. The second-order valence-corrected chi connectivity index (χ2v) is 9.40. The maximum Gasteiger partial charge on any atom is 0.337 e. The van der Waals surface area contributed by atoms with Crippen molar-refractivity contribution in [3.63, 3.8) is 0 Å². The Morgan fingerprint density at radius 2 is 1.90 bits per heavy atom. The number of carbonyl (C=O) groups is 2. The van der Waals surface area contributed by atoms with E-state index in [0.717, 1.165) is 11.3 Å². The molecule has 1 N–H and O–H groups in total. The van der Waals surface area contributed by atoms with Gasteiger partial charge in [-0.15, -0.1) is 0 Å². The van der Waals surface area contributed by atoms with Gasteiger partial charge in [0, 0.05) is 33.8 Å². The van der Waals surface area contributed by atoms with Gasteiger partial charge in [-0.3, -0.25) is 4.79 Å². The Kier molecular flexibility index (Phi) is 6.65. The average Bonchev–Trinajstić information content (AvgIpc) is 2.69. The van der Waals surface area contributed by atoms with Gasteiger partial charge in [0.25, 0.3) is 0 Å². The summed E-state index contributed by atoms with van der Waals surface area (Å²) in [5.74, 6) is 0.00866. The van der Waals surface area contributed by atoms with Crippen LogP contribution in [0.25, 0.3) is 0 Å². The molecule has 3 rings (SSSR count). The van der Waals surface area contributed by atoms with Crippen LogP contribution in [0.4, 0.5) is 0 Å². The highest BCUT2D eigenvalue weighted by Gasteiger charge is 2.44. The monoisotopic (exact) mass is 489 g/mol. The number of nitrogens with one attached hydrogen (secondary N) is 1. The predicted molar refractivity (Wildman–Crippen MR) is 122 cm³/mol. The molecule has 1 aliphatic carbocycles. The number of methoxy groups -OCH3 is 2. The molecule has 31 heavy (non-hydrogen) atoms. The van der Waals surface area contributed by atoms with Crippen molar-refractivity contribution >= 4 is 27.7 Å². The first-order valence-electron chi connectivity index (χ1n) is 10.1. The standard InChI is InChI=1S/C24H28BrNO5/c1-7-8-31-23(28)20-13(2)26-16-11-24(3,4)12-17(27)22(16)21(20)14-9-18(29-5)19(30-6)10-15(14)25/h7,9-10,21,26H,1,8,11-12H2,2-6H3. The van der Waals surface area contributed by atoms with Crippen LogP contribution in [0, 0.1) is 5.41 Å². The van der Waals surface area contributed by atoms with Crippen molar-refractivity contribution in [2.45, 2.75) is 39.5 Å². The summed E-state index contributed by atoms with van der Waals surface area (Å²) < 4.78 is 17.0. The SMILES string of the molecule is C=CCOC(=O)C1=C(C)NC2=C(C(=O)CC(C)(C)C2)C1c1cc(OC)c(OC)cc1Br. The third kappa shape index (κ3) is 4.42. The Labute approximate surface area is 191 Å². The molecule has 166 valence electrons. The van der Waals surface area contributed by atoms with Gasteiger partial charge in [0.1, 0.15) is 6.61 Å². The number of dihydropyridines is 1. The molecule has 0 fully saturated rings. The number of carbonyl (C=O) groups excluding carboxylic acids is 2. The minimum Gasteiger partial charge on any atom is -0.493 e. The molecule has 1 aromatic carbocycles. The maximum atomic E-state index is 13.3. The highest BCUT2D eigenvalue weighted by Crippen LogP contribution is 2.49. The summed E-state index contributed by atoms with van der Waals surface area (Å²) in [5.41, 5.74) is 3.11. The largest absolute Gasteiger partial charge is 0.493 e. The van der Waals surface area contributed by atoms with Crippen molar-refractivity contribution in [1.82, 2.24) is 5.32 Å². The van der Waals surface area contributed by atoms with Gasteiger partial charge in [-0.25, -0.2) is 4.79 Å². The van der Waals surface area contributed by atoms with E-state index in [2.05, 4.69) is 41.7 Å². The first-order valence-corrected chi connectivity index (χ1v) is 10.9. The third-order valence-corrected chi connectivity index (χ3v) is 6.29. The minimum absolute atomic E-state index is 0.0203. The first-order chi connectivity index (χ1) is 14.6. The van der Waals surface area contributed by atoms with E-state index in [4.69, 9.17) is 14.2 Å². The predicted octanol–water partition coefficient (Wildman–Crippen LogP) is 4.80. The van der Waals surface area contributed by atoms with Crippen LogP contribution in [0.15, 0.2) is 51.8 Å². The van der Waals surface area contributed by atoms with E-state index in [-0.39, 0.29) is 17.8 Å². The molecule has 0 bridgehead atoms. The van der Waals surface area contributed by atoms with Gasteiger partial charge in [0.2, 0.25) is 0 Å². The van der Waals surface area contributed by atoms with Crippen LogP contribution < -0.4 is 14.8 Å². The Balaban J connectivity index is 2.25. The van der Waals surface area contributed by atoms with Crippen molar-refractivity contribution in [1.29, 1.82) is 0 Å². The van der Waals surface area contributed by atoms with Gasteiger partial charge in [-0.05, 0) is 36.5 Å². The van der Waals surface area contributed by atoms with Crippen LogP contribution in [0.5, 0.6) is 11.5 Å². The molecular formula is C24H28BrNO5. The highest BCUT2D eigenvalue weighted by atomic mass is 79.9. The van der Waals surface area contributed by atoms with Gasteiger partial charge < -0.3 is 19.5 Å². The molecule has 0 saturated heterocycles. The molecule has 1 unspecified atom stereocenters. The number of esters is 1. The topological polar surface area (TPSA) is 73.9 Å². The molecule has 0 aromatic heterocycles. The summed E-state index contributed by atoms with van der Waals surface area (Å²) in [6, 6.07) is 3.60. The van der Waals surface area contributed by atoms with E-state index in [9.17, 15) is 9.59 Å². The summed E-state index contributed by atoms with van der Waals surface area (Å²) in [6.07, 6.45) is 2.63. The molecule has 6 nitrogen and oxygen atoms in total. The fraction of sp³-hybridized carbons (Fsp3) is 0.417. The lowest BCUT2D eigenvalue weighted by molar-refractivity contribution is -0.138. The highest BCUT2D eigenvalue weighted by molar-refractivity contribution is 9.10. The summed E-state index contributed by atoms with van der Waals surface area (Å²) in [4.78, 5) is 26.4. The number of benzene rings is 1. The van der Waals surface area contributed by atoms with Crippen LogP contribution in [-0.2, 0) is 14.3 Å². The summed E-state index contributed by atoms with van der Waals surface area (Å²) >= 11 is 3.61. The van der Waals surface area contributed by atoms with Crippen LogP contribution >= 0.6 is 15.9 Å². The van der Waals surface area contributed by atoms with E-state index >= 15 is 0 Å². The molecule has 0 saturated carbocycles. The van der Waals surface area contributed by atoms with Gasteiger partial charge >= 0.3 is 5.97 Å². The second kappa shape index (κ2) is 8.91. The van der Waals surface area contributed by atoms with Crippen molar-refractivity contribution in [3.05, 3.63) is 57.4 Å². The summed E-state index contributed by atoms with van der Waals surface area (Å²) in [6.45, 7) is 9.68. The normalized spacial score (nSPS) is 20.1. The summed E-state index contributed by atoms with van der Waals surface area (Å²) in [7, 11) is 3.11. The van der Waals surface area contributed by atoms with E-state index in [1.165, 1.54) is 6.08 Å². The zero-order chi connectivity index (χ0) is 22.9. The Hall–Kier alpha value is -2.54. The molecule has 0 amide bonds. The number of rotatable bonds is 6. The maximum absolute atomic E-state index is 13.3. The molecule has 0 radical (unpaired) electrons. The zero-order valence-electron chi connectivity index (χ0n) is 18.6. The van der Waals surface area contributed by atoms with Gasteiger partial charge in [0.05, 0.1) is 19.8 Å². The molecule has 1 atom stereocenters. The number of allylic oxidation sites excluding steroid dienone is 3. The average molecular weight is 490 g/mol.